The van der Waals surface area contributed by atoms with Crippen molar-refractivity contribution in [2.24, 2.45) is 4.99 Å². The molecule has 0 saturated heterocycles. The van der Waals surface area contributed by atoms with Gasteiger partial charge < -0.3 is 15.4 Å². The Bertz CT molecular complexity index is 941. The van der Waals surface area contributed by atoms with Crippen molar-refractivity contribution in [2.45, 2.75) is 6.42 Å². The van der Waals surface area contributed by atoms with E-state index in [1.165, 1.54) is 0 Å². The van der Waals surface area contributed by atoms with Gasteiger partial charge in [-0.05, 0) is 36.8 Å². The zero-order valence-electron chi connectivity index (χ0n) is 12.9. The standard InChI is InChI=1S/C18H16N4O2/c23-18(24)12-4-2-11(3-5-12)17-21-14-7-6-13(10-15(14)22-17)16-19-8-1-9-20-16/h2-7,10H,1,8-9H2,(H,19,20)(H,21,22)(H,23,24). The molecule has 0 fully saturated rings. The molecule has 3 aromatic rings. The lowest BCUT2D eigenvalue weighted by molar-refractivity contribution is 0.0697. The number of carboxylic acids is 1. The predicted octanol–water partition coefficient (Wildman–Crippen LogP) is 2.67. The molecule has 1 aliphatic rings. The zero-order chi connectivity index (χ0) is 16.5. The van der Waals surface area contributed by atoms with Gasteiger partial charge in [-0.1, -0.05) is 12.1 Å². The minimum Gasteiger partial charge on any atom is -0.478 e. The Morgan fingerprint density at radius 1 is 1.08 bits per heavy atom. The van der Waals surface area contributed by atoms with Gasteiger partial charge in [-0.3, -0.25) is 4.99 Å². The molecule has 0 unspecified atom stereocenters. The summed E-state index contributed by atoms with van der Waals surface area (Å²) in [5.74, 6) is 0.708. The van der Waals surface area contributed by atoms with Crippen LogP contribution in [0.25, 0.3) is 22.4 Å². The highest BCUT2D eigenvalue weighted by atomic mass is 16.4. The Morgan fingerprint density at radius 3 is 2.58 bits per heavy atom. The number of aromatic amines is 1. The number of hydrogen-bond acceptors (Lipinski definition) is 4. The number of imidazole rings is 1. The van der Waals surface area contributed by atoms with Gasteiger partial charge in [0.2, 0.25) is 0 Å². The van der Waals surface area contributed by atoms with Crippen LogP contribution in [0.4, 0.5) is 0 Å². The fourth-order valence-corrected chi connectivity index (χ4v) is 2.79. The van der Waals surface area contributed by atoms with Gasteiger partial charge in [0, 0.05) is 24.2 Å². The number of nitrogens with zero attached hydrogens (tertiary/aromatic N) is 2. The summed E-state index contributed by atoms with van der Waals surface area (Å²) in [6.07, 6.45) is 1.06. The second-order valence-electron chi connectivity index (χ2n) is 5.71. The molecule has 0 saturated carbocycles. The molecule has 6 heteroatoms. The molecule has 1 aliphatic heterocycles. The fourth-order valence-electron chi connectivity index (χ4n) is 2.79. The van der Waals surface area contributed by atoms with Crippen LogP contribution in [0.2, 0.25) is 0 Å². The number of rotatable bonds is 3. The maximum atomic E-state index is 10.9. The first-order valence-electron chi connectivity index (χ1n) is 7.83. The van der Waals surface area contributed by atoms with E-state index in [1.54, 1.807) is 24.3 Å². The third-order valence-corrected chi connectivity index (χ3v) is 4.06. The highest BCUT2D eigenvalue weighted by Crippen LogP contribution is 2.22. The first-order valence-corrected chi connectivity index (χ1v) is 7.83. The number of hydrogen-bond donors (Lipinski definition) is 3. The van der Waals surface area contributed by atoms with E-state index in [0.29, 0.717) is 0 Å². The van der Waals surface area contributed by atoms with Gasteiger partial charge in [0.1, 0.15) is 11.7 Å². The van der Waals surface area contributed by atoms with E-state index in [9.17, 15) is 4.79 Å². The fraction of sp³-hybridized carbons (Fsp3) is 0.167. The van der Waals surface area contributed by atoms with Gasteiger partial charge in [-0.2, -0.15) is 0 Å². The topological polar surface area (TPSA) is 90.4 Å². The van der Waals surface area contributed by atoms with E-state index in [1.807, 2.05) is 18.2 Å². The number of aromatic carboxylic acids is 1. The summed E-state index contributed by atoms with van der Waals surface area (Å²) in [6.45, 7) is 1.80. The maximum Gasteiger partial charge on any atom is 0.335 e. The SMILES string of the molecule is O=C(O)c1ccc(-c2nc3ccc(C4=NCCCN4)cc3[nH]2)cc1. The van der Waals surface area contributed by atoms with Crippen molar-refractivity contribution in [3.63, 3.8) is 0 Å². The summed E-state index contributed by atoms with van der Waals surface area (Å²) in [6, 6.07) is 12.7. The van der Waals surface area contributed by atoms with Crippen LogP contribution < -0.4 is 5.32 Å². The Hall–Kier alpha value is -3.15. The lowest BCUT2D eigenvalue weighted by Gasteiger charge is -2.14. The van der Waals surface area contributed by atoms with Crippen molar-refractivity contribution in [2.75, 3.05) is 13.1 Å². The number of benzene rings is 2. The number of aromatic nitrogens is 2. The van der Waals surface area contributed by atoms with Crippen LogP contribution in [-0.2, 0) is 0 Å². The van der Waals surface area contributed by atoms with Crippen molar-refractivity contribution in [3.8, 4) is 11.4 Å². The normalized spacial score (nSPS) is 14.2. The van der Waals surface area contributed by atoms with E-state index in [2.05, 4.69) is 20.3 Å². The monoisotopic (exact) mass is 320 g/mol. The molecule has 4 rings (SSSR count). The van der Waals surface area contributed by atoms with Gasteiger partial charge in [-0.15, -0.1) is 0 Å². The summed E-state index contributed by atoms with van der Waals surface area (Å²) in [5.41, 5.74) is 3.95. The third-order valence-electron chi connectivity index (χ3n) is 4.06. The van der Waals surface area contributed by atoms with Crippen molar-refractivity contribution >= 4 is 22.8 Å². The molecule has 0 atom stereocenters. The number of amidine groups is 1. The zero-order valence-corrected chi connectivity index (χ0v) is 12.9. The Labute approximate surface area is 138 Å². The largest absolute Gasteiger partial charge is 0.478 e. The molecular weight excluding hydrogens is 304 g/mol. The van der Waals surface area contributed by atoms with Gasteiger partial charge >= 0.3 is 5.97 Å². The quantitative estimate of drug-likeness (QED) is 0.692. The summed E-state index contributed by atoms with van der Waals surface area (Å²) in [7, 11) is 0. The summed E-state index contributed by atoms with van der Waals surface area (Å²) >= 11 is 0. The lowest BCUT2D eigenvalue weighted by atomic mass is 10.1. The van der Waals surface area contributed by atoms with Crippen LogP contribution in [0.5, 0.6) is 0 Å². The summed E-state index contributed by atoms with van der Waals surface area (Å²) in [5, 5.41) is 12.3. The van der Waals surface area contributed by atoms with Gasteiger partial charge in [-0.25, -0.2) is 9.78 Å². The number of aliphatic imine (C=N–C) groups is 1. The Morgan fingerprint density at radius 2 is 1.88 bits per heavy atom. The highest BCUT2D eigenvalue weighted by Gasteiger charge is 2.11. The van der Waals surface area contributed by atoms with Crippen LogP contribution in [0.15, 0.2) is 47.5 Å². The molecule has 0 radical (unpaired) electrons. The first-order chi connectivity index (χ1) is 11.7. The number of carbonyl (C=O) groups is 1. The van der Waals surface area contributed by atoms with Gasteiger partial charge in [0.25, 0.3) is 0 Å². The van der Waals surface area contributed by atoms with Gasteiger partial charge in [0.05, 0.1) is 16.6 Å². The average molecular weight is 320 g/mol. The van der Waals surface area contributed by atoms with E-state index in [-0.39, 0.29) is 5.56 Å². The van der Waals surface area contributed by atoms with E-state index in [4.69, 9.17) is 5.11 Å². The number of H-pyrrole nitrogens is 1. The molecule has 6 nitrogen and oxygen atoms in total. The van der Waals surface area contributed by atoms with Crippen molar-refractivity contribution < 1.29 is 9.90 Å². The second-order valence-corrected chi connectivity index (χ2v) is 5.71. The minimum atomic E-state index is -0.934. The molecule has 0 amide bonds. The second kappa shape index (κ2) is 5.81. The van der Waals surface area contributed by atoms with Crippen LogP contribution >= 0.6 is 0 Å². The summed E-state index contributed by atoms with van der Waals surface area (Å²) < 4.78 is 0. The molecule has 3 N–H and O–H groups in total. The maximum absolute atomic E-state index is 10.9. The molecule has 24 heavy (non-hydrogen) atoms. The number of nitrogens with one attached hydrogen (secondary N) is 2. The molecule has 2 aromatic carbocycles. The highest BCUT2D eigenvalue weighted by molar-refractivity contribution is 6.01. The number of carboxylic acid groups (broad SMARTS) is 1. The van der Waals surface area contributed by atoms with Gasteiger partial charge in [0.15, 0.2) is 0 Å². The first kappa shape index (κ1) is 14.4. The van der Waals surface area contributed by atoms with E-state index < -0.39 is 5.97 Å². The van der Waals surface area contributed by atoms with E-state index >= 15 is 0 Å². The van der Waals surface area contributed by atoms with Crippen LogP contribution in [-0.4, -0.2) is 40.0 Å². The van der Waals surface area contributed by atoms with Crippen LogP contribution in [0.3, 0.4) is 0 Å². The molecule has 0 aliphatic carbocycles. The molecular formula is C18H16N4O2. The summed E-state index contributed by atoms with van der Waals surface area (Å²) in [4.78, 5) is 23.3. The Balaban J connectivity index is 1.70. The van der Waals surface area contributed by atoms with Crippen LogP contribution in [0.1, 0.15) is 22.3 Å². The molecule has 1 aromatic heterocycles. The van der Waals surface area contributed by atoms with Crippen molar-refractivity contribution in [1.82, 2.24) is 15.3 Å². The smallest absolute Gasteiger partial charge is 0.335 e. The number of fused-ring (bicyclic) bond motifs is 1. The predicted molar refractivity (Wildman–Crippen MR) is 92.5 cm³/mol. The van der Waals surface area contributed by atoms with Crippen LogP contribution in [0, 0.1) is 0 Å². The molecule has 120 valence electrons. The van der Waals surface area contributed by atoms with Crippen molar-refractivity contribution in [3.05, 3.63) is 53.6 Å². The minimum absolute atomic E-state index is 0.263. The average Bonchev–Trinajstić information content (AvgIpc) is 3.06. The molecule has 0 bridgehead atoms. The molecule has 2 heterocycles. The Kier molecular flexibility index (Phi) is 3.49. The lowest BCUT2D eigenvalue weighted by Crippen LogP contribution is -2.30. The molecule has 0 spiro atoms. The van der Waals surface area contributed by atoms with Crippen molar-refractivity contribution in [1.29, 1.82) is 0 Å². The third kappa shape index (κ3) is 2.62. The van der Waals surface area contributed by atoms with E-state index in [0.717, 1.165) is 53.3 Å².